The van der Waals surface area contributed by atoms with Gasteiger partial charge in [-0.25, -0.2) is 0 Å². The first-order chi connectivity index (χ1) is 10.7. The molecule has 0 aliphatic rings. The molecule has 0 radical (unpaired) electrons. The summed E-state index contributed by atoms with van der Waals surface area (Å²) in [6, 6.07) is 20.0. The largest absolute Gasteiger partial charge is 0.524 e. The van der Waals surface area contributed by atoms with Crippen LogP contribution in [0.25, 0.3) is 0 Å². The van der Waals surface area contributed by atoms with Gasteiger partial charge in [0.05, 0.1) is 6.04 Å². The molecule has 2 N–H and O–H groups in total. The summed E-state index contributed by atoms with van der Waals surface area (Å²) < 4.78 is 11.7. The molecule has 116 valence electrons. The van der Waals surface area contributed by atoms with E-state index in [1.54, 1.807) is 0 Å². The lowest BCUT2D eigenvalue weighted by Crippen LogP contribution is -2.31. The van der Waals surface area contributed by atoms with Gasteiger partial charge in [0.15, 0.2) is 0 Å². The van der Waals surface area contributed by atoms with Crippen molar-refractivity contribution in [1.82, 2.24) is 5.32 Å². The SMILES string of the molecule is CCCCC(NC(c1ccccc1)c1ccccc1)[P+](=O)O. The molecule has 0 heterocycles. The molecular formula is C18H23NO2P+. The fourth-order valence-corrected chi connectivity index (χ4v) is 3.20. The second-order valence-electron chi connectivity index (χ2n) is 5.38. The fraction of sp³-hybridized carbons (Fsp3) is 0.333. The van der Waals surface area contributed by atoms with Crippen LogP contribution in [0.3, 0.4) is 0 Å². The summed E-state index contributed by atoms with van der Waals surface area (Å²) in [5.74, 6) is -0.389. The van der Waals surface area contributed by atoms with E-state index in [2.05, 4.69) is 12.2 Å². The quantitative estimate of drug-likeness (QED) is 0.699. The Hall–Kier alpha value is -1.54. The second kappa shape index (κ2) is 8.79. The van der Waals surface area contributed by atoms with Gasteiger partial charge >= 0.3 is 8.03 Å². The smallest absolute Gasteiger partial charge is 0.260 e. The topological polar surface area (TPSA) is 49.3 Å². The highest BCUT2D eigenvalue weighted by molar-refractivity contribution is 7.38. The normalized spacial score (nSPS) is 13.1. The first-order valence-corrected chi connectivity index (χ1v) is 9.01. The highest BCUT2D eigenvalue weighted by Gasteiger charge is 2.31. The van der Waals surface area contributed by atoms with Crippen molar-refractivity contribution in [2.75, 3.05) is 0 Å². The van der Waals surface area contributed by atoms with E-state index in [1.165, 1.54) is 0 Å². The third-order valence-electron chi connectivity index (χ3n) is 3.72. The monoisotopic (exact) mass is 316 g/mol. The zero-order valence-corrected chi connectivity index (χ0v) is 13.7. The zero-order valence-electron chi connectivity index (χ0n) is 12.9. The van der Waals surface area contributed by atoms with Crippen molar-refractivity contribution in [3.05, 3.63) is 71.8 Å². The van der Waals surface area contributed by atoms with E-state index >= 15 is 0 Å². The number of unbranched alkanes of at least 4 members (excludes halogenated alkanes) is 1. The van der Waals surface area contributed by atoms with Gasteiger partial charge in [-0.1, -0.05) is 74.0 Å². The molecule has 2 atom stereocenters. The van der Waals surface area contributed by atoms with Gasteiger partial charge in [-0.15, -0.1) is 0 Å². The summed E-state index contributed by atoms with van der Waals surface area (Å²) in [5, 5.41) is 3.39. The zero-order chi connectivity index (χ0) is 15.8. The molecule has 3 nitrogen and oxygen atoms in total. The average Bonchev–Trinajstić information content (AvgIpc) is 2.56. The molecule has 0 spiro atoms. The molecule has 0 saturated heterocycles. The molecule has 0 aromatic heterocycles. The van der Waals surface area contributed by atoms with Crippen LogP contribution in [0.15, 0.2) is 60.7 Å². The summed E-state index contributed by atoms with van der Waals surface area (Å²) in [6.45, 7) is 2.09. The summed E-state index contributed by atoms with van der Waals surface area (Å²) in [5.41, 5.74) is 2.21. The van der Waals surface area contributed by atoms with E-state index in [-0.39, 0.29) is 11.8 Å². The van der Waals surface area contributed by atoms with E-state index < -0.39 is 8.03 Å². The van der Waals surface area contributed by atoms with Crippen LogP contribution in [0, 0.1) is 0 Å². The Bertz CT molecular complexity index is 535. The number of nitrogens with one attached hydrogen (secondary N) is 1. The van der Waals surface area contributed by atoms with Gasteiger partial charge in [0, 0.05) is 6.42 Å². The minimum absolute atomic E-state index is 0.0737. The van der Waals surface area contributed by atoms with Crippen LogP contribution in [-0.2, 0) is 4.57 Å². The predicted octanol–water partition coefficient (Wildman–Crippen LogP) is 4.62. The standard InChI is InChI=1S/C18H22NO2P/c1-2-3-14-17(22(20)21)19-18(15-10-6-4-7-11-15)16-12-8-5-9-13-16/h4-13,17-19H,2-3,14H2,1H3/p+1. The number of hydrogen-bond donors (Lipinski definition) is 2. The predicted molar refractivity (Wildman–Crippen MR) is 91.0 cm³/mol. The number of benzene rings is 2. The Morgan fingerprint density at radius 1 is 1.00 bits per heavy atom. The van der Waals surface area contributed by atoms with Gasteiger partial charge in [-0.2, -0.15) is 4.89 Å². The van der Waals surface area contributed by atoms with Crippen LogP contribution in [0.4, 0.5) is 0 Å². The van der Waals surface area contributed by atoms with Crippen molar-refractivity contribution < 1.29 is 9.46 Å². The molecule has 2 rings (SSSR count). The molecule has 2 aromatic rings. The Labute approximate surface area is 133 Å². The van der Waals surface area contributed by atoms with Crippen LogP contribution in [0.5, 0.6) is 0 Å². The minimum Gasteiger partial charge on any atom is -0.260 e. The molecule has 0 bridgehead atoms. The maximum atomic E-state index is 11.7. The van der Waals surface area contributed by atoms with Crippen molar-refractivity contribution in [2.24, 2.45) is 0 Å². The minimum atomic E-state index is -2.25. The van der Waals surface area contributed by atoms with Crippen molar-refractivity contribution in [2.45, 2.75) is 38.0 Å². The second-order valence-corrected chi connectivity index (χ2v) is 6.61. The first-order valence-electron chi connectivity index (χ1n) is 7.73. The van der Waals surface area contributed by atoms with Gasteiger partial charge < -0.3 is 0 Å². The highest BCUT2D eigenvalue weighted by Crippen LogP contribution is 2.30. The van der Waals surface area contributed by atoms with Crippen LogP contribution < -0.4 is 5.32 Å². The van der Waals surface area contributed by atoms with E-state index in [4.69, 9.17) is 0 Å². The molecule has 0 fully saturated rings. The Morgan fingerprint density at radius 2 is 1.50 bits per heavy atom. The third kappa shape index (κ3) is 4.74. The lowest BCUT2D eigenvalue weighted by molar-refractivity contribution is 0.443. The highest BCUT2D eigenvalue weighted by atomic mass is 31.1. The van der Waals surface area contributed by atoms with E-state index in [0.717, 1.165) is 24.0 Å². The van der Waals surface area contributed by atoms with Gasteiger partial charge in [-0.3, -0.25) is 5.32 Å². The van der Waals surface area contributed by atoms with Crippen LogP contribution in [0.1, 0.15) is 43.4 Å². The molecule has 2 aromatic carbocycles. The van der Waals surface area contributed by atoms with Crippen LogP contribution >= 0.6 is 8.03 Å². The van der Waals surface area contributed by atoms with E-state index in [1.807, 2.05) is 60.7 Å². The molecule has 0 amide bonds. The molecule has 0 aliphatic carbocycles. The molecular weight excluding hydrogens is 293 g/mol. The van der Waals surface area contributed by atoms with Crippen molar-refractivity contribution in [1.29, 1.82) is 0 Å². The van der Waals surface area contributed by atoms with Crippen molar-refractivity contribution in [3.8, 4) is 0 Å². The maximum absolute atomic E-state index is 11.7. The summed E-state index contributed by atoms with van der Waals surface area (Å²) in [7, 11) is -2.25. The molecule has 22 heavy (non-hydrogen) atoms. The Kier molecular flexibility index (Phi) is 6.73. The lowest BCUT2D eigenvalue weighted by atomic mass is 9.98. The lowest BCUT2D eigenvalue weighted by Gasteiger charge is -2.21. The third-order valence-corrected chi connectivity index (χ3v) is 4.66. The number of rotatable bonds is 8. The van der Waals surface area contributed by atoms with Gasteiger partial charge in [0.2, 0.25) is 5.78 Å². The Balaban J connectivity index is 2.26. The summed E-state index contributed by atoms with van der Waals surface area (Å²) in [4.78, 5) is 9.63. The van der Waals surface area contributed by atoms with E-state index in [9.17, 15) is 9.46 Å². The first kappa shape index (κ1) is 16.8. The van der Waals surface area contributed by atoms with Gasteiger partial charge in [0.25, 0.3) is 0 Å². The average molecular weight is 316 g/mol. The summed E-state index contributed by atoms with van der Waals surface area (Å²) in [6.07, 6.45) is 2.66. The maximum Gasteiger partial charge on any atom is 0.524 e. The van der Waals surface area contributed by atoms with Gasteiger partial charge in [-0.05, 0) is 22.1 Å². The molecule has 0 saturated carbocycles. The summed E-state index contributed by atoms with van der Waals surface area (Å²) >= 11 is 0. The molecule has 0 aliphatic heterocycles. The van der Waals surface area contributed by atoms with E-state index in [0.29, 0.717) is 6.42 Å². The van der Waals surface area contributed by atoms with Gasteiger partial charge in [0.1, 0.15) is 0 Å². The van der Waals surface area contributed by atoms with Crippen molar-refractivity contribution in [3.63, 3.8) is 0 Å². The van der Waals surface area contributed by atoms with Crippen LogP contribution in [-0.4, -0.2) is 10.7 Å². The molecule has 2 unspecified atom stereocenters. The van der Waals surface area contributed by atoms with Crippen molar-refractivity contribution >= 4 is 8.03 Å². The molecule has 4 heteroatoms. The Morgan fingerprint density at radius 3 is 1.91 bits per heavy atom. The number of hydrogen-bond acceptors (Lipinski definition) is 2. The fourth-order valence-electron chi connectivity index (χ4n) is 2.52. The van der Waals surface area contributed by atoms with Crippen LogP contribution in [0.2, 0.25) is 0 Å².